The number of aliphatic hydroxyl groups is 1. The Morgan fingerprint density at radius 1 is 1.14 bits per heavy atom. The standard InChI is InChI=1S/C39H49ClN2O8S/c1-25-6-4-15-39(45,18-35(43)50-23-37(3)21-48-22-37)32-11-8-29(32)19-42-20-38(14-5-7-27-16-30(40)10-12-31(27)38)24-49-34-13-9-28(17-33(34)42)36(44)41-51(46,47)26(25)2/h4,9-10,12-13,15-17,25-26,29,32,45H,5-8,11,14,18-24H2,1-3H3,(H,41,44)/b15-4-/t25-,26+,29-,32+,38-,39-/m0/s1. The van der Waals surface area contributed by atoms with E-state index in [-0.39, 0.29) is 47.2 Å². The van der Waals surface area contributed by atoms with Gasteiger partial charge in [-0.15, -0.1) is 0 Å². The molecule has 2 aromatic carbocycles. The van der Waals surface area contributed by atoms with Crippen molar-refractivity contribution in [2.45, 2.75) is 82.0 Å². The number of carbonyl (C=O) groups is 2. The largest absolute Gasteiger partial charge is 0.490 e. The number of nitrogens with zero attached hydrogens (tertiary/aromatic N) is 1. The fourth-order valence-electron chi connectivity index (χ4n) is 8.63. The van der Waals surface area contributed by atoms with Crippen LogP contribution in [-0.2, 0) is 36.1 Å². The van der Waals surface area contributed by atoms with Gasteiger partial charge >= 0.3 is 5.97 Å². The van der Waals surface area contributed by atoms with Crippen LogP contribution in [0.3, 0.4) is 0 Å². The predicted molar refractivity (Wildman–Crippen MR) is 195 cm³/mol. The zero-order valence-electron chi connectivity index (χ0n) is 29.7. The minimum atomic E-state index is -4.05. The number of sulfonamides is 1. The lowest BCUT2D eigenvalue weighted by Crippen LogP contribution is -2.53. The van der Waals surface area contributed by atoms with Gasteiger partial charge in [-0.25, -0.2) is 13.1 Å². The number of benzene rings is 2. The SMILES string of the molecule is C[C@@H]1[C@@H](C)C/C=C\[C@](O)(CC(=O)OCC2(C)COC2)[C@@H]2CC[C@H]2CN2C[C@@]3(CCCc4cc(Cl)ccc43)COc3ccc(cc32)C(=O)NS1(=O)=O. The van der Waals surface area contributed by atoms with Gasteiger partial charge in [-0.05, 0) is 105 Å². The normalized spacial score (nSPS) is 33.2. The third-order valence-electron chi connectivity index (χ3n) is 12.2. The summed E-state index contributed by atoms with van der Waals surface area (Å²) in [4.78, 5) is 29.1. The number of allylic oxidation sites excluding steroid dienone is 1. The molecule has 51 heavy (non-hydrogen) atoms. The molecule has 10 nitrogen and oxygen atoms in total. The number of anilines is 1. The van der Waals surface area contributed by atoms with Crippen LogP contribution in [0.15, 0.2) is 48.6 Å². The second kappa shape index (κ2) is 13.7. The fraction of sp³-hybridized carbons (Fsp3) is 0.590. The van der Waals surface area contributed by atoms with Crippen molar-refractivity contribution >= 4 is 39.2 Å². The molecule has 0 radical (unpaired) electrons. The van der Waals surface area contributed by atoms with E-state index in [9.17, 15) is 23.1 Å². The molecule has 2 fully saturated rings. The Kier molecular flexibility index (Phi) is 9.73. The quantitative estimate of drug-likeness (QED) is 0.305. The van der Waals surface area contributed by atoms with Crippen LogP contribution in [0.5, 0.6) is 5.75 Å². The molecule has 0 aromatic heterocycles. The van der Waals surface area contributed by atoms with Gasteiger partial charge < -0.3 is 24.2 Å². The van der Waals surface area contributed by atoms with Crippen molar-refractivity contribution in [3.8, 4) is 5.75 Å². The molecule has 0 unspecified atom stereocenters. The Bertz CT molecular complexity index is 1830. The monoisotopic (exact) mass is 740 g/mol. The molecule has 1 amide bonds. The van der Waals surface area contributed by atoms with Crippen LogP contribution in [0, 0.1) is 23.2 Å². The fourth-order valence-corrected chi connectivity index (χ4v) is 10.1. The second-order valence-corrected chi connectivity index (χ2v) is 18.6. The molecule has 1 spiro atoms. The van der Waals surface area contributed by atoms with E-state index in [1.807, 2.05) is 19.1 Å². The maximum atomic E-state index is 13.5. The van der Waals surface area contributed by atoms with Gasteiger partial charge in [-0.2, -0.15) is 0 Å². The van der Waals surface area contributed by atoms with Gasteiger partial charge in [0.2, 0.25) is 10.0 Å². The Hall–Kier alpha value is -3.12. The average Bonchev–Trinajstić information content (AvgIpc) is 3.20. The van der Waals surface area contributed by atoms with Gasteiger partial charge in [0.15, 0.2) is 0 Å². The van der Waals surface area contributed by atoms with Crippen molar-refractivity contribution in [1.82, 2.24) is 4.72 Å². The van der Waals surface area contributed by atoms with Crippen molar-refractivity contribution in [2.75, 3.05) is 44.4 Å². The molecular formula is C39H49ClN2O8S. The van der Waals surface area contributed by atoms with E-state index in [2.05, 4.69) is 15.7 Å². The summed E-state index contributed by atoms with van der Waals surface area (Å²) in [6.07, 6.45) is 7.95. The molecule has 2 aliphatic carbocycles. The van der Waals surface area contributed by atoms with Gasteiger partial charge in [-0.3, -0.25) is 9.59 Å². The first-order chi connectivity index (χ1) is 24.2. The van der Waals surface area contributed by atoms with Crippen molar-refractivity contribution in [2.24, 2.45) is 23.2 Å². The number of ether oxygens (including phenoxy) is 3. The van der Waals surface area contributed by atoms with E-state index in [1.54, 1.807) is 44.2 Å². The number of carbonyl (C=O) groups excluding carboxylic acids is 2. The van der Waals surface area contributed by atoms with Crippen LogP contribution < -0.4 is 14.4 Å². The number of esters is 1. The lowest BCUT2D eigenvalue weighted by Gasteiger charge is -2.49. The number of hydrogen-bond donors (Lipinski definition) is 2. The topological polar surface area (TPSA) is 131 Å². The molecule has 5 aliphatic rings. The van der Waals surface area contributed by atoms with Crippen molar-refractivity contribution in [3.05, 3.63) is 70.3 Å². The summed E-state index contributed by atoms with van der Waals surface area (Å²) in [5.41, 5.74) is 1.24. The maximum Gasteiger partial charge on any atom is 0.309 e. The van der Waals surface area contributed by atoms with E-state index in [4.69, 9.17) is 25.8 Å². The summed E-state index contributed by atoms with van der Waals surface area (Å²) < 4.78 is 46.8. The summed E-state index contributed by atoms with van der Waals surface area (Å²) in [5.74, 6) is -1.17. The molecule has 2 bridgehead atoms. The number of hydrogen-bond acceptors (Lipinski definition) is 9. The van der Waals surface area contributed by atoms with E-state index in [1.165, 1.54) is 11.1 Å². The summed E-state index contributed by atoms with van der Waals surface area (Å²) in [6, 6.07) is 11.2. The Morgan fingerprint density at radius 3 is 2.67 bits per heavy atom. The summed E-state index contributed by atoms with van der Waals surface area (Å²) in [5, 5.41) is 12.2. The zero-order chi connectivity index (χ0) is 36.2. The summed E-state index contributed by atoms with van der Waals surface area (Å²) >= 11 is 6.44. The zero-order valence-corrected chi connectivity index (χ0v) is 31.2. The molecular weight excluding hydrogens is 692 g/mol. The number of halogens is 1. The highest BCUT2D eigenvalue weighted by Gasteiger charge is 2.49. The van der Waals surface area contributed by atoms with Gasteiger partial charge in [0.25, 0.3) is 5.91 Å². The first-order valence-electron chi connectivity index (χ1n) is 18.2. The van der Waals surface area contributed by atoms with E-state index < -0.39 is 32.8 Å². The van der Waals surface area contributed by atoms with Crippen LogP contribution in [0.2, 0.25) is 5.02 Å². The average molecular weight is 741 g/mol. The molecule has 7 rings (SSSR count). The Balaban J connectivity index is 1.27. The molecule has 3 heterocycles. The first kappa shape index (κ1) is 36.2. The van der Waals surface area contributed by atoms with Gasteiger partial charge in [0, 0.05) is 34.5 Å². The molecule has 2 aromatic rings. The van der Waals surface area contributed by atoms with Crippen LogP contribution in [0.25, 0.3) is 0 Å². The van der Waals surface area contributed by atoms with Gasteiger partial charge in [-0.1, -0.05) is 43.7 Å². The summed E-state index contributed by atoms with van der Waals surface area (Å²) in [6.45, 7) is 8.22. The number of nitrogens with one attached hydrogen (secondary N) is 1. The smallest absolute Gasteiger partial charge is 0.309 e. The van der Waals surface area contributed by atoms with Crippen LogP contribution >= 0.6 is 11.6 Å². The molecule has 1 saturated carbocycles. The number of fused-ring (bicyclic) bond motifs is 4. The van der Waals surface area contributed by atoms with Gasteiger partial charge in [0.1, 0.15) is 12.4 Å². The predicted octanol–water partition coefficient (Wildman–Crippen LogP) is 5.58. The number of rotatable bonds is 4. The van der Waals surface area contributed by atoms with E-state index in [0.717, 1.165) is 32.1 Å². The highest BCUT2D eigenvalue weighted by atomic mass is 35.5. The van der Waals surface area contributed by atoms with E-state index >= 15 is 0 Å². The third-order valence-corrected chi connectivity index (χ3v) is 14.3. The number of aryl methyl sites for hydroxylation is 1. The summed E-state index contributed by atoms with van der Waals surface area (Å²) in [7, 11) is -4.05. The van der Waals surface area contributed by atoms with Crippen molar-refractivity contribution in [1.29, 1.82) is 0 Å². The number of amides is 1. The lowest BCUT2D eigenvalue weighted by atomic mass is 9.63. The Labute approximate surface area is 305 Å². The minimum Gasteiger partial charge on any atom is -0.490 e. The van der Waals surface area contributed by atoms with Crippen molar-refractivity contribution in [3.63, 3.8) is 0 Å². The highest BCUT2D eigenvalue weighted by molar-refractivity contribution is 7.90. The highest BCUT2D eigenvalue weighted by Crippen LogP contribution is 2.49. The molecule has 12 heteroatoms. The third kappa shape index (κ3) is 7.15. The van der Waals surface area contributed by atoms with Crippen LogP contribution in [-0.4, -0.2) is 75.8 Å². The first-order valence-corrected chi connectivity index (χ1v) is 20.1. The molecule has 6 atom stereocenters. The maximum absolute atomic E-state index is 13.5. The van der Waals surface area contributed by atoms with E-state index in [0.29, 0.717) is 55.8 Å². The lowest BCUT2D eigenvalue weighted by molar-refractivity contribution is -0.171. The second-order valence-electron chi connectivity index (χ2n) is 16.2. The van der Waals surface area contributed by atoms with Crippen LogP contribution in [0.1, 0.15) is 80.8 Å². The molecule has 3 aliphatic heterocycles. The van der Waals surface area contributed by atoms with Gasteiger partial charge in [0.05, 0.1) is 42.8 Å². The molecule has 1 saturated heterocycles. The molecule has 276 valence electrons. The minimum absolute atomic E-state index is 0.0170. The molecule has 2 N–H and O–H groups in total. The van der Waals surface area contributed by atoms with Crippen LogP contribution in [0.4, 0.5) is 5.69 Å². The van der Waals surface area contributed by atoms with Crippen molar-refractivity contribution < 1.29 is 37.3 Å². The Morgan fingerprint density at radius 2 is 1.94 bits per heavy atom.